The third-order valence-corrected chi connectivity index (χ3v) is 3.86. The van der Waals surface area contributed by atoms with Gasteiger partial charge in [-0.1, -0.05) is 40.2 Å². The zero-order chi connectivity index (χ0) is 13.8. The molecule has 0 aliphatic rings. The molecule has 0 amide bonds. The number of methoxy groups -OCH3 is 1. The van der Waals surface area contributed by atoms with Gasteiger partial charge in [-0.05, 0) is 48.2 Å². The molecule has 0 saturated heterocycles. The van der Waals surface area contributed by atoms with Crippen LogP contribution in [0.15, 0.2) is 46.9 Å². The molecule has 2 aromatic rings. The molecule has 0 aliphatic heterocycles. The Balaban J connectivity index is 2.13. The van der Waals surface area contributed by atoms with Crippen molar-refractivity contribution < 1.29 is 4.74 Å². The zero-order valence-electron chi connectivity index (χ0n) is 11.2. The Hall–Kier alpha value is -1.32. The van der Waals surface area contributed by atoms with Crippen molar-refractivity contribution in [2.75, 3.05) is 7.11 Å². The van der Waals surface area contributed by atoms with Crippen LogP contribution >= 0.6 is 15.9 Å². The molecule has 2 nitrogen and oxygen atoms in total. The van der Waals surface area contributed by atoms with Gasteiger partial charge in [-0.25, -0.2) is 0 Å². The van der Waals surface area contributed by atoms with E-state index in [1.807, 2.05) is 12.1 Å². The van der Waals surface area contributed by atoms with E-state index < -0.39 is 0 Å². The highest BCUT2D eigenvalue weighted by Gasteiger charge is 2.10. The van der Waals surface area contributed by atoms with Crippen LogP contribution in [0.25, 0.3) is 0 Å². The zero-order valence-corrected chi connectivity index (χ0v) is 12.8. The summed E-state index contributed by atoms with van der Waals surface area (Å²) in [6.45, 7) is 2.07. The lowest BCUT2D eigenvalue weighted by atomic mass is 9.99. The molecule has 2 N–H and O–H groups in total. The lowest BCUT2D eigenvalue weighted by Crippen LogP contribution is -2.14. The summed E-state index contributed by atoms with van der Waals surface area (Å²) in [7, 11) is 1.67. The van der Waals surface area contributed by atoms with Gasteiger partial charge in [-0.3, -0.25) is 0 Å². The highest BCUT2D eigenvalue weighted by Crippen LogP contribution is 2.26. The van der Waals surface area contributed by atoms with Gasteiger partial charge >= 0.3 is 0 Å². The fourth-order valence-electron chi connectivity index (χ4n) is 2.06. The molecule has 2 aromatic carbocycles. The minimum atomic E-state index is -0.0108. The Kier molecular flexibility index (Phi) is 4.61. The van der Waals surface area contributed by atoms with Gasteiger partial charge in [0.1, 0.15) is 5.75 Å². The minimum Gasteiger partial charge on any atom is -0.497 e. The van der Waals surface area contributed by atoms with E-state index in [9.17, 15) is 0 Å². The van der Waals surface area contributed by atoms with Crippen molar-refractivity contribution >= 4 is 15.9 Å². The van der Waals surface area contributed by atoms with E-state index in [0.717, 1.165) is 22.2 Å². The van der Waals surface area contributed by atoms with Gasteiger partial charge in [0, 0.05) is 10.5 Å². The summed E-state index contributed by atoms with van der Waals surface area (Å²) in [6.07, 6.45) is 0.811. The van der Waals surface area contributed by atoms with E-state index >= 15 is 0 Å². The molecule has 0 heterocycles. The summed E-state index contributed by atoms with van der Waals surface area (Å²) in [5.74, 6) is 0.869. The number of rotatable bonds is 4. The maximum Gasteiger partial charge on any atom is 0.118 e. The van der Waals surface area contributed by atoms with E-state index in [2.05, 4.69) is 53.2 Å². The van der Waals surface area contributed by atoms with Gasteiger partial charge in [0.2, 0.25) is 0 Å². The van der Waals surface area contributed by atoms with Crippen molar-refractivity contribution in [3.8, 4) is 5.75 Å². The normalized spacial score (nSPS) is 12.2. The van der Waals surface area contributed by atoms with E-state index in [4.69, 9.17) is 10.5 Å². The van der Waals surface area contributed by atoms with Crippen molar-refractivity contribution in [3.63, 3.8) is 0 Å². The molecule has 0 aliphatic carbocycles. The highest BCUT2D eigenvalue weighted by molar-refractivity contribution is 9.10. The topological polar surface area (TPSA) is 35.2 Å². The van der Waals surface area contributed by atoms with Crippen molar-refractivity contribution in [1.82, 2.24) is 0 Å². The number of hydrogen-bond acceptors (Lipinski definition) is 2. The van der Waals surface area contributed by atoms with Crippen LogP contribution in [-0.4, -0.2) is 7.11 Å². The second kappa shape index (κ2) is 6.22. The van der Waals surface area contributed by atoms with Gasteiger partial charge in [0.05, 0.1) is 7.11 Å². The smallest absolute Gasteiger partial charge is 0.118 e. The summed E-state index contributed by atoms with van der Waals surface area (Å²) in [5.41, 5.74) is 9.87. The predicted molar refractivity (Wildman–Crippen MR) is 82.5 cm³/mol. The van der Waals surface area contributed by atoms with Crippen LogP contribution in [0.2, 0.25) is 0 Å². The molecule has 100 valence electrons. The largest absolute Gasteiger partial charge is 0.497 e. The number of ether oxygens (including phenoxy) is 1. The Morgan fingerprint density at radius 2 is 1.84 bits per heavy atom. The first-order chi connectivity index (χ1) is 9.10. The van der Waals surface area contributed by atoms with Gasteiger partial charge in [0.25, 0.3) is 0 Å². The molecule has 0 bridgehead atoms. The van der Waals surface area contributed by atoms with Crippen LogP contribution in [0.5, 0.6) is 5.75 Å². The van der Waals surface area contributed by atoms with Crippen molar-refractivity contribution in [2.45, 2.75) is 19.4 Å². The second-order valence-electron chi connectivity index (χ2n) is 4.68. The van der Waals surface area contributed by atoms with E-state index in [1.54, 1.807) is 7.11 Å². The third kappa shape index (κ3) is 3.58. The lowest BCUT2D eigenvalue weighted by Gasteiger charge is -2.15. The van der Waals surface area contributed by atoms with Crippen LogP contribution in [0.4, 0.5) is 0 Å². The van der Waals surface area contributed by atoms with E-state index in [1.165, 1.54) is 11.1 Å². The molecule has 1 unspecified atom stereocenters. The summed E-state index contributed by atoms with van der Waals surface area (Å²) in [4.78, 5) is 0. The molecule has 0 aromatic heterocycles. The molecule has 0 spiro atoms. The Morgan fingerprint density at radius 3 is 2.42 bits per heavy atom. The Labute approximate surface area is 122 Å². The molecular formula is C16H18BrNO. The molecule has 0 fully saturated rings. The first kappa shape index (κ1) is 14.1. The summed E-state index contributed by atoms with van der Waals surface area (Å²) >= 11 is 3.58. The number of halogens is 1. The quantitative estimate of drug-likeness (QED) is 0.924. The predicted octanol–water partition coefficient (Wildman–Crippen LogP) is 4.01. The number of aryl methyl sites for hydroxylation is 1. The molecule has 1 atom stereocenters. The number of hydrogen-bond donors (Lipinski definition) is 1. The van der Waals surface area contributed by atoms with E-state index in [0.29, 0.717) is 0 Å². The minimum absolute atomic E-state index is 0.0108. The average molecular weight is 320 g/mol. The fourth-order valence-corrected chi connectivity index (χ4v) is 2.85. The SMILES string of the molecule is COc1ccc(CC(N)c2ccc(C)cc2Br)cc1. The van der Waals surface area contributed by atoms with Crippen LogP contribution in [0.1, 0.15) is 22.7 Å². The first-order valence-electron chi connectivity index (χ1n) is 6.24. The Bertz CT molecular complexity index is 551. The Morgan fingerprint density at radius 1 is 1.16 bits per heavy atom. The van der Waals surface area contributed by atoms with Gasteiger partial charge in [0.15, 0.2) is 0 Å². The lowest BCUT2D eigenvalue weighted by molar-refractivity contribution is 0.414. The van der Waals surface area contributed by atoms with E-state index in [-0.39, 0.29) is 6.04 Å². The highest BCUT2D eigenvalue weighted by atomic mass is 79.9. The number of benzene rings is 2. The van der Waals surface area contributed by atoms with Crippen molar-refractivity contribution in [3.05, 3.63) is 63.6 Å². The van der Waals surface area contributed by atoms with Gasteiger partial charge in [-0.15, -0.1) is 0 Å². The average Bonchev–Trinajstić information content (AvgIpc) is 2.39. The molecular weight excluding hydrogens is 302 g/mol. The maximum atomic E-state index is 6.29. The van der Waals surface area contributed by atoms with Crippen LogP contribution in [0.3, 0.4) is 0 Å². The monoisotopic (exact) mass is 319 g/mol. The second-order valence-corrected chi connectivity index (χ2v) is 5.54. The van der Waals surface area contributed by atoms with Crippen molar-refractivity contribution in [2.24, 2.45) is 5.73 Å². The van der Waals surface area contributed by atoms with Gasteiger partial charge < -0.3 is 10.5 Å². The van der Waals surface area contributed by atoms with Crippen molar-refractivity contribution in [1.29, 1.82) is 0 Å². The fraction of sp³-hybridized carbons (Fsp3) is 0.250. The maximum absolute atomic E-state index is 6.29. The first-order valence-corrected chi connectivity index (χ1v) is 7.04. The summed E-state index contributed by atoms with van der Waals surface area (Å²) in [6, 6.07) is 14.3. The molecule has 19 heavy (non-hydrogen) atoms. The third-order valence-electron chi connectivity index (χ3n) is 3.17. The van der Waals surface area contributed by atoms with Crippen LogP contribution in [-0.2, 0) is 6.42 Å². The molecule has 2 rings (SSSR count). The van der Waals surface area contributed by atoms with Crippen LogP contribution in [0, 0.1) is 6.92 Å². The van der Waals surface area contributed by atoms with Crippen LogP contribution < -0.4 is 10.5 Å². The van der Waals surface area contributed by atoms with Gasteiger partial charge in [-0.2, -0.15) is 0 Å². The summed E-state index contributed by atoms with van der Waals surface area (Å²) in [5, 5.41) is 0. The molecule has 0 radical (unpaired) electrons. The summed E-state index contributed by atoms with van der Waals surface area (Å²) < 4.78 is 6.23. The molecule has 3 heteroatoms. The molecule has 0 saturated carbocycles. The standard InChI is InChI=1S/C16H18BrNO/c1-11-3-8-14(15(17)9-11)16(18)10-12-4-6-13(19-2)7-5-12/h3-9,16H,10,18H2,1-2H3. The number of nitrogens with two attached hydrogens (primary N) is 1.